The van der Waals surface area contributed by atoms with E-state index in [1.807, 2.05) is 0 Å². The summed E-state index contributed by atoms with van der Waals surface area (Å²) < 4.78 is 1.39. The number of carbonyl (C=O) groups excluding carboxylic acids is 1. The Hall–Kier alpha value is -1.63. The maximum absolute atomic E-state index is 11.5. The molecule has 1 aliphatic heterocycles. The van der Waals surface area contributed by atoms with Crippen molar-refractivity contribution in [2.24, 2.45) is 0 Å². The first kappa shape index (κ1) is 8.95. The lowest BCUT2D eigenvalue weighted by Crippen LogP contribution is -2.30. The van der Waals surface area contributed by atoms with Crippen molar-refractivity contribution in [1.29, 1.82) is 0 Å². The number of aromatic nitrogens is 3. The molecule has 7 nitrogen and oxygen atoms in total. The highest BCUT2D eigenvalue weighted by Crippen LogP contribution is 2.05. The van der Waals surface area contributed by atoms with Crippen LogP contribution in [0.1, 0.15) is 6.42 Å². The van der Waals surface area contributed by atoms with E-state index < -0.39 is 0 Å². The molecule has 2 heterocycles. The van der Waals surface area contributed by atoms with Crippen molar-refractivity contribution in [1.82, 2.24) is 19.8 Å². The van der Waals surface area contributed by atoms with Crippen LogP contribution in [-0.2, 0) is 16.2 Å². The molecule has 0 aliphatic carbocycles. The number of hydrogen-bond acceptors (Lipinski definition) is 5. The summed E-state index contributed by atoms with van der Waals surface area (Å²) in [6, 6.07) is 0. The summed E-state index contributed by atoms with van der Waals surface area (Å²) in [6.07, 6.45) is 2.30. The SMILES string of the molecule is Nc1ncn(CC(=O)N2CCCO2)n1. The first-order valence-electron chi connectivity index (χ1n) is 4.34. The fraction of sp³-hybridized carbons (Fsp3) is 0.571. The second-order valence-corrected chi connectivity index (χ2v) is 2.98. The zero-order valence-corrected chi connectivity index (χ0v) is 7.59. The molecule has 1 saturated heterocycles. The number of carbonyl (C=O) groups is 1. The lowest BCUT2D eigenvalue weighted by atomic mass is 10.4. The average molecular weight is 197 g/mol. The molecule has 0 bridgehead atoms. The first-order chi connectivity index (χ1) is 6.75. The first-order valence-corrected chi connectivity index (χ1v) is 4.34. The normalized spacial score (nSPS) is 16.1. The third kappa shape index (κ3) is 1.82. The van der Waals surface area contributed by atoms with Crippen LogP contribution in [0.15, 0.2) is 6.33 Å². The Balaban J connectivity index is 1.93. The van der Waals surface area contributed by atoms with Crippen LogP contribution in [0.4, 0.5) is 5.95 Å². The zero-order chi connectivity index (χ0) is 9.97. The van der Waals surface area contributed by atoms with E-state index in [1.54, 1.807) is 0 Å². The van der Waals surface area contributed by atoms with Gasteiger partial charge >= 0.3 is 0 Å². The average Bonchev–Trinajstić information content (AvgIpc) is 2.75. The van der Waals surface area contributed by atoms with Gasteiger partial charge in [0.1, 0.15) is 12.9 Å². The van der Waals surface area contributed by atoms with Crippen LogP contribution in [0.5, 0.6) is 0 Å². The van der Waals surface area contributed by atoms with E-state index in [4.69, 9.17) is 10.6 Å². The Bertz CT molecular complexity index is 331. The fourth-order valence-corrected chi connectivity index (χ4v) is 1.25. The zero-order valence-electron chi connectivity index (χ0n) is 7.59. The molecule has 0 saturated carbocycles. The molecule has 7 heteroatoms. The maximum atomic E-state index is 11.5. The number of hydroxylamine groups is 2. The fourth-order valence-electron chi connectivity index (χ4n) is 1.25. The summed E-state index contributed by atoms with van der Waals surface area (Å²) in [5.41, 5.74) is 5.31. The summed E-state index contributed by atoms with van der Waals surface area (Å²) in [6.45, 7) is 1.36. The molecule has 0 spiro atoms. The highest BCUT2D eigenvalue weighted by atomic mass is 16.7. The molecule has 76 valence electrons. The minimum Gasteiger partial charge on any atom is -0.367 e. The van der Waals surface area contributed by atoms with Gasteiger partial charge in [-0.2, -0.15) is 0 Å². The Morgan fingerprint density at radius 3 is 3.14 bits per heavy atom. The van der Waals surface area contributed by atoms with Crippen LogP contribution in [0.3, 0.4) is 0 Å². The van der Waals surface area contributed by atoms with Crippen molar-refractivity contribution >= 4 is 11.9 Å². The number of nitrogen functional groups attached to an aromatic ring is 1. The van der Waals surface area contributed by atoms with Gasteiger partial charge in [0, 0.05) is 0 Å². The topological polar surface area (TPSA) is 86.3 Å². The van der Waals surface area contributed by atoms with Crippen molar-refractivity contribution in [3.05, 3.63) is 6.33 Å². The second kappa shape index (κ2) is 3.62. The summed E-state index contributed by atoms with van der Waals surface area (Å²) >= 11 is 0. The van der Waals surface area contributed by atoms with Crippen molar-refractivity contribution < 1.29 is 9.63 Å². The van der Waals surface area contributed by atoms with Gasteiger partial charge in [-0.15, -0.1) is 5.10 Å². The van der Waals surface area contributed by atoms with E-state index in [0.29, 0.717) is 13.2 Å². The second-order valence-electron chi connectivity index (χ2n) is 2.98. The molecule has 0 atom stereocenters. The Kier molecular flexibility index (Phi) is 2.32. The molecule has 0 aromatic carbocycles. The monoisotopic (exact) mass is 197 g/mol. The Labute approximate surface area is 80.4 Å². The molecule has 14 heavy (non-hydrogen) atoms. The Morgan fingerprint density at radius 1 is 1.71 bits per heavy atom. The van der Waals surface area contributed by atoms with Crippen LogP contribution in [0.25, 0.3) is 0 Å². The molecule has 0 radical (unpaired) electrons. The molecule has 0 unspecified atom stereocenters. The van der Waals surface area contributed by atoms with E-state index in [0.717, 1.165) is 6.42 Å². The molecule has 1 aromatic rings. The largest absolute Gasteiger partial charge is 0.367 e. The summed E-state index contributed by atoms with van der Waals surface area (Å²) in [4.78, 5) is 20.3. The van der Waals surface area contributed by atoms with Crippen LogP contribution in [0.2, 0.25) is 0 Å². The molecule has 1 aromatic heterocycles. The van der Waals surface area contributed by atoms with E-state index in [2.05, 4.69) is 10.1 Å². The van der Waals surface area contributed by atoms with Gasteiger partial charge in [0.2, 0.25) is 5.95 Å². The van der Waals surface area contributed by atoms with Gasteiger partial charge in [0.25, 0.3) is 5.91 Å². The van der Waals surface area contributed by atoms with Crippen LogP contribution in [-0.4, -0.2) is 38.9 Å². The third-order valence-electron chi connectivity index (χ3n) is 1.88. The predicted octanol–water partition coefficient (Wildman–Crippen LogP) is -0.976. The van der Waals surface area contributed by atoms with Crippen molar-refractivity contribution in [2.45, 2.75) is 13.0 Å². The van der Waals surface area contributed by atoms with Gasteiger partial charge in [0.05, 0.1) is 13.2 Å². The molecule has 1 amide bonds. The number of nitrogens with zero attached hydrogens (tertiary/aromatic N) is 4. The number of rotatable bonds is 2. The predicted molar refractivity (Wildman–Crippen MR) is 46.7 cm³/mol. The van der Waals surface area contributed by atoms with Crippen LogP contribution >= 0.6 is 0 Å². The standard InChI is InChI=1S/C7H11N5O2/c8-7-9-5-11(10-7)4-6(13)12-2-1-3-14-12/h5H,1-4H2,(H2,8,10). The number of nitrogens with two attached hydrogens (primary N) is 1. The van der Waals surface area contributed by atoms with Crippen molar-refractivity contribution in [3.8, 4) is 0 Å². The molecule has 1 aliphatic rings. The van der Waals surface area contributed by atoms with E-state index in [9.17, 15) is 4.79 Å². The van der Waals surface area contributed by atoms with E-state index in [-0.39, 0.29) is 18.4 Å². The van der Waals surface area contributed by atoms with Crippen LogP contribution < -0.4 is 5.73 Å². The molecular formula is C7H11N5O2. The van der Waals surface area contributed by atoms with E-state index in [1.165, 1.54) is 16.1 Å². The molecular weight excluding hydrogens is 186 g/mol. The number of anilines is 1. The smallest absolute Gasteiger partial charge is 0.267 e. The van der Waals surface area contributed by atoms with Crippen molar-refractivity contribution in [3.63, 3.8) is 0 Å². The highest BCUT2D eigenvalue weighted by molar-refractivity contribution is 5.74. The maximum Gasteiger partial charge on any atom is 0.267 e. The van der Waals surface area contributed by atoms with Crippen molar-refractivity contribution in [2.75, 3.05) is 18.9 Å². The minimum atomic E-state index is -0.132. The van der Waals surface area contributed by atoms with Gasteiger partial charge in [0.15, 0.2) is 0 Å². The quantitative estimate of drug-likeness (QED) is 0.658. The third-order valence-corrected chi connectivity index (χ3v) is 1.88. The number of hydrogen-bond donors (Lipinski definition) is 1. The minimum absolute atomic E-state index is 0.115. The highest BCUT2D eigenvalue weighted by Gasteiger charge is 2.19. The Morgan fingerprint density at radius 2 is 2.57 bits per heavy atom. The van der Waals surface area contributed by atoms with E-state index >= 15 is 0 Å². The van der Waals surface area contributed by atoms with Crippen LogP contribution in [0, 0.1) is 0 Å². The van der Waals surface area contributed by atoms with Gasteiger partial charge in [-0.3, -0.25) is 9.63 Å². The van der Waals surface area contributed by atoms with Gasteiger partial charge in [-0.25, -0.2) is 14.7 Å². The lowest BCUT2D eigenvalue weighted by molar-refractivity contribution is -0.169. The summed E-state index contributed by atoms with van der Waals surface area (Å²) in [7, 11) is 0. The van der Waals surface area contributed by atoms with Gasteiger partial charge in [-0.05, 0) is 6.42 Å². The summed E-state index contributed by atoms with van der Waals surface area (Å²) in [5.74, 6) is 0.0348. The summed E-state index contributed by atoms with van der Waals surface area (Å²) in [5, 5.41) is 5.15. The van der Waals surface area contributed by atoms with Gasteiger partial charge in [-0.1, -0.05) is 0 Å². The molecule has 2 N–H and O–H groups in total. The molecule has 1 fully saturated rings. The molecule has 2 rings (SSSR count). The van der Waals surface area contributed by atoms with Gasteiger partial charge < -0.3 is 5.73 Å². The number of amides is 1. The lowest BCUT2D eigenvalue weighted by Gasteiger charge is -2.12.